The summed E-state index contributed by atoms with van der Waals surface area (Å²) < 4.78 is 6.06. The molecule has 7 rings (SSSR count). The quantitative estimate of drug-likeness (QED) is 0.693. The van der Waals surface area contributed by atoms with Gasteiger partial charge in [-0.3, -0.25) is 14.4 Å². The Bertz CT molecular complexity index is 1290. The number of anilines is 1. The van der Waals surface area contributed by atoms with Crippen LogP contribution in [0.15, 0.2) is 29.8 Å². The first-order valence-corrected chi connectivity index (χ1v) is 13.8. The Morgan fingerprint density at radius 2 is 1.89 bits per heavy atom. The SMILES string of the molecule is O=C(Nc1nc2c(s1)CCCC2)[C@H]1CCN(C(=O)C2=C3c4ccccc4C(=O)N3CC2)[C@@H]2CCO[C@@H]12. The highest BCUT2D eigenvalue weighted by Crippen LogP contribution is 2.42. The van der Waals surface area contributed by atoms with E-state index in [1.807, 2.05) is 29.2 Å². The summed E-state index contributed by atoms with van der Waals surface area (Å²) in [7, 11) is 0. The first kappa shape index (κ1) is 22.2. The average Bonchev–Trinajstić information content (AvgIpc) is 3.67. The van der Waals surface area contributed by atoms with Crippen LogP contribution >= 0.6 is 11.3 Å². The smallest absolute Gasteiger partial charge is 0.258 e. The maximum absolute atomic E-state index is 13.8. The molecule has 1 aromatic heterocycles. The Morgan fingerprint density at radius 1 is 1.06 bits per heavy atom. The number of nitrogens with one attached hydrogen (secondary N) is 1. The minimum Gasteiger partial charge on any atom is -0.375 e. The van der Waals surface area contributed by atoms with E-state index in [0.717, 1.165) is 36.2 Å². The summed E-state index contributed by atoms with van der Waals surface area (Å²) in [4.78, 5) is 49.6. The highest BCUT2D eigenvalue weighted by atomic mass is 32.1. The minimum absolute atomic E-state index is 0.0234. The number of benzene rings is 1. The van der Waals surface area contributed by atoms with E-state index in [0.29, 0.717) is 55.2 Å². The van der Waals surface area contributed by atoms with Gasteiger partial charge in [-0.05, 0) is 51.0 Å². The molecule has 2 saturated heterocycles. The second kappa shape index (κ2) is 8.52. The number of aromatic nitrogens is 1. The van der Waals surface area contributed by atoms with Crippen molar-refractivity contribution >= 4 is 39.9 Å². The summed E-state index contributed by atoms with van der Waals surface area (Å²) in [6.07, 6.45) is 5.87. The summed E-state index contributed by atoms with van der Waals surface area (Å²) in [6.45, 7) is 1.57. The van der Waals surface area contributed by atoms with Gasteiger partial charge in [0, 0.05) is 41.3 Å². The van der Waals surface area contributed by atoms with E-state index in [-0.39, 0.29) is 35.8 Å². The number of piperidine rings is 1. The molecule has 3 amide bonds. The highest BCUT2D eigenvalue weighted by molar-refractivity contribution is 7.15. The molecule has 0 spiro atoms. The standard InChI is InChI=1S/C27H28N4O4S/c32-24(29-27-28-19-7-3-4-8-21(19)36-27)18-10-12-30(20-11-14-35-23(18)20)26(34)17-9-13-31-22(17)15-5-1-2-6-16(15)25(31)33/h1-2,5-6,18,20,23H,3-4,7-14H2,(H,28,29,32)/t18-,20+,23-/m0/s1. The Kier molecular flexibility index (Phi) is 5.25. The van der Waals surface area contributed by atoms with E-state index in [1.54, 1.807) is 16.2 Å². The third-order valence-electron chi connectivity index (χ3n) is 8.31. The largest absolute Gasteiger partial charge is 0.375 e. The van der Waals surface area contributed by atoms with Gasteiger partial charge in [-0.15, -0.1) is 11.3 Å². The van der Waals surface area contributed by atoms with E-state index < -0.39 is 0 Å². The van der Waals surface area contributed by atoms with Gasteiger partial charge in [0.2, 0.25) is 5.91 Å². The number of aryl methyl sites for hydroxylation is 2. The number of ether oxygens (including phenoxy) is 1. The number of hydrogen-bond donors (Lipinski definition) is 1. The number of nitrogens with zero attached hydrogens (tertiary/aromatic N) is 3. The molecule has 2 fully saturated rings. The minimum atomic E-state index is -0.321. The third-order valence-corrected chi connectivity index (χ3v) is 9.38. The van der Waals surface area contributed by atoms with Crippen LogP contribution in [0.3, 0.4) is 0 Å². The molecule has 36 heavy (non-hydrogen) atoms. The lowest BCUT2D eigenvalue weighted by Gasteiger charge is -2.40. The maximum atomic E-state index is 13.8. The van der Waals surface area contributed by atoms with Crippen LogP contribution in [-0.2, 0) is 27.2 Å². The van der Waals surface area contributed by atoms with Crippen molar-refractivity contribution in [3.63, 3.8) is 0 Å². The van der Waals surface area contributed by atoms with Gasteiger partial charge in [0.25, 0.3) is 11.8 Å². The van der Waals surface area contributed by atoms with Crippen molar-refractivity contribution in [2.45, 2.75) is 57.1 Å². The normalized spacial score (nSPS) is 26.6. The predicted octanol–water partition coefficient (Wildman–Crippen LogP) is 3.24. The van der Waals surface area contributed by atoms with Crippen molar-refractivity contribution in [1.29, 1.82) is 0 Å². The molecule has 3 atom stereocenters. The van der Waals surface area contributed by atoms with Crippen molar-refractivity contribution in [2.24, 2.45) is 5.92 Å². The van der Waals surface area contributed by atoms with Gasteiger partial charge >= 0.3 is 0 Å². The second-order valence-electron chi connectivity index (χ2n) is 10.2. The number of thiazole rings is 1. The Hall–Kier alpha value is -3.04. The van der Waals surface area contributed by atoms with Crippen LogP contribution in [0, 0.1) is 5.92 Å². The molecule has 9 heteroatoms. The number of carbonyl (C=O) groups excluding carboxylic acids is 3. The molecule has 2 aromatic rings. The zero-order valence-corrected chi connectivity index (χ0v) is 20.8. The van der Waals surface area contributed by atoms with Crippen LogP contribution in [0.2, 0.25) is 0 Å². The topological polar surface area (TPSA) is 91.8 Å². The van der Waals surface area contributed by atoms with Gasteiger partial charge in [0.15, 0.2) is 5.13 Å². The average molecular weight is 505 g/mol. The molecule has 0 unspecified atom stereocenters. The molecule has 8 nitrogen and oxygen atoms in total. The van der Waals surface area contributed by atoms with Crippen LogP contribution in [0.5, 0.6) is 0 Å². The number of amides is 3. The number of carbonyl (C=O) groups is 3. The number of hydrogen-bond acceptors (Lipinski definition) is 6. The maximum Gasteiger partial charge on any atom is 0.258 e. The molecular formula is C27H28N4O4S. The summed E-state index contributed by atoms with van der Waals surface area (Å²) in [6, 6.07) is 7.39. The fourth-order valence-electron chi connectivity index (χ4n) is 6.59. The molecule has 1 aromatic carbocycles. The lowest BCUT2D eigenvalue weighted by Crippen LogP contribution is -2.55. The van der Waals surface area contributed by atoms with E-state index in [2.05, 4.69) is 10.3 Å². The van der Waals surface area contributed by atoms with Crippen molar-refractivity contribution in [1.82, 2.24) is 14.8 Å². The van der Waals surface area contributed by atoms with Gasteiger partial charge in [-0.25, -0.2) is 4.98 Å². The monoisotopic (exact) mass is 504 g/mol. The molecular weight excluding hydrogens is 476 g/mol. The van der Waals surface area contributed by atoms with Crippen molar-refractivity contribution < 1.29 is 19.1 Å². The van der Waals surface area contributed by atoms with Crippen LogP contribution in [0.4, 0.5) is 5.13 Å². The van der Waals surface area contributed by atoms with Crippen molar-refractivity contribution in [2.75, 3.05) is 25.0 Å². The molecule has 0 bridgehead atoms. The molecule has 5 aliphatic rings. The molecule has 1 aliphatic carbocycles. The van der Waals surface area contributed by atoms with Crippen LogP contribution in [-0.4, -0.2) is 64.3 Å². The zero-order chi connectivity index (χ0) is 24.4. The number of fused-ring (bicyclic) bond motifs is 5. The summed E-state index contributed by atoms with van der Waals surface area (Å²) >= 11 is 1.59. The van der Waals surface area contributed by atoms with Crippen LogP contribution in [0.25, 0.3) is 5.70 Å². The van der Waals surface area contributed by atoms with Crippen LogP contribution in [0.1, 0.15) is 58.6 Å². The third kappa shape index (κ3) is 3.36. The summed E-state index contributed by atoms with van der Waals surface area (Å²) in [5.41, 5.74) is 4.12. The Labute approximate surface area is 213 Å². The van der Waals surface area contributed by atoms with Crippen molar-refractivity contribution in [3.8, 4) is 0 Å². The number of rotatable bonds is 3. The molecule has 1 N–H and O–H groups in total. The fourth-order valence-corrected chi connectivity index (χ4v) is 7.65. The first-order valence-electron chi connectivity index (χ1n) is 13.0. The lowest BCUT2D eigenvalue weighted by atomic mass is 9.86. The summed E-state index contributed by atoms with van der Waals surface area (Å²) in [5, 5.41) is 3.74. The van der Waals surface area contributed by atoms with Gasteiger partial charge in [-0.2, -0.15) is 0 Å². The molecule has 4 aliphatic heterocycles. The second-order valence-corrected chi connectivity index (χ2v) is 11.3. The predicted molar refractivity (Wildman–Crippen MR) is 134 cm³/mol. The Morgan fingerprint density at radius 3 is 2.75 bits per heavy atom. The van der Waals surface area contributed by atoms with Crippen LogP contribution < -0.4 is 5.32 Å². The molecule has 5 heterocycles. The van der Waals surface area contributed by atoms with Gasteiger partial charge in [0.05, 0.1) is 29.5 Å². The van der Waals surface area contributed by atoms with Gasteiger partial charge in [0.1, 0.15) is 0 Å². The molecule has 0 radical (unpaired) electrons. The van der Waals surface area contributed by atoms with E-state index in [9.17, 15) is 14.4 Å². The van der Waals surface area contributed by atoms with Gasteiger partial charge < -0.3 is 19.9 Å². The molecule has 186 valence electrons. The van der Waals surface area contributed by atoms with Crippen molar-refractivity contribution in [3.05, 3.63) is 51.5 Å². The Balaban J connectivity index is 1.11. The first-order chi connectivity index (χ1) is 17.6. The lowest BCUT2D eigenvalue weighted by molar-refractivity contribution is -0.139. The highest BCUT2D eigenvalue weighted by Gasteiger charge is 2.49. The molecule has 0 saturated carbocycles. The van der Waals surface area contributed by atoms with E-state index in [1.165, 1.54) is 11.3 Å². The fraction of sp³-hybridized carbons (Fsp3) is 0.481. The summed E-state index contributed by atoms with van der Waals surface area (Å²) in [5.74, 6) is -0.419. The van der Waals surface area contributed by atoms with Gasteiger partial charge in [-0.1, -0.05) is 18.2 Å². The zero-order valence-electron chi connectivity index (χ0n) is 20.0. The van der Waals surface area contributed by atoms with E-state index >= 15 is 0 Å². The number of likely N-dealkylation sites (tertiary alicyclic amines) is 1. The van der Waals surface area contributed by atoms with E-state index in [4.69, 9.17) is 4.74 Å².